The van der Waals surface area contributed by atoms with E-state index in [0.717, 1.165) is 18.9 Å². The Morgan fingerprint density at radius 3 is 2.67 bits per heavy atom. The number of rotatable bonds is 5. The summed E-state index contributed by atoms with van der Waals surface area (Å²) in [5.74, 6) is 1.96. The molecular formula is C15H26N2S. The molecule has 0 aromatic carbocycles. The van der Waals surface area contributed by atoms with Gasteiger partial charge in [-0.05, 0) is 31.2 Å². The third-order valence-corrected chi connectivity index (χ3v) is 5.16. The van der Waals surface area contributed by atoms with Crippen LogP contribution in [0.1, 0.15) is 62.6 Å². The maximum Gasteiger partial charge on any atom is 0.0931 e. The van der Waals surface area contributed by atoms with E-state index in [1.165, 1.54) is 42.8 Å². The summed E-state index contributed by atoms with van der Waals surface area (Å²) in [4.78, 5) is 4.87. The van der Waals surface area contributed by atoms with E-state index in [2.05, 4.69) is 19.2 Å². The molecule has 0 saturated heterocycles. The fraction of sp³-hybridized carbons (Fsp3) is 0.800. The van der Waals surface area contributed by atoms with E-state index < -0.39 is 0 Å². The average molecular weight is 266 g/mol. The number of aromatic nitrogens is 1. The lowest BCUT2D eigenvalue weighted by molar-refractivity contribution is 0.390. The van der Waals surface area contributed by atoms with Crippen molar-refractivity contribution in [3.05, 3.63) is 16.1 Å². The summed E-state index contributed by atoms with van der Waals surface area (Å²) in [6.45, 7) is 5.29. The number of hydrogen-bond donors (Lipinski definition) is 1. The monoisotopic (exact) mass is 266 g/mol. The van der Waals surface area contributed by atoms with Crippen LogP contribution in [0.3, 0.4) is 0 Å². The Labute approximate surface area is 115 Å². The van der Waals surface area contributed by atoms with Crippen molar-refractivity contribution in [1.82, 2.24) is 4.98 Å². The minimum Gasteiger partial charge on any atom is -0.330 e. The first-order valence-corrected chi connectivity index (χ1v) is 8.23. The number of thiazole rings is 1. The van der Waals surface area contributed by atoms with Gasteiger partial charge >= 0.3 is 0 Å². The van der Waals surface area contributed by atoms with Gasteiger partial charge in [0, 0.05) is 17.7 Å². The Morgan fingerprint density at radius 2 is 2.06 bits per heavy atom. The van der Waals surface area contributed by atoms with Crippen LogP contribution in [-0.4, -0.2) is 11.5 Å². The third-order valence-electron chi connectivity index (χ3n) is 4.28. The normalized spacial score (nSPS) is 19.3. The molecule has 0 radical (unpaired) electrons. The number of nitrogens with zero attached hydrogens (tertiary/aromatic N) is 1. The van der Waals surface area contributed by atoms with Gasteiger partial charge in [-0.25, -0.2) is 4.98 Å². The van der Waals surface area contributed by atoms with Crippen molar-refractivity contribution in [3.63, 3.8) is 0 Å². The second-order valence-electron chi connectivity index (χ2n) is 5.94. The van der Waals surface area contributed by atoms with Crippen molar-refractivity contribution in [1.29, 1.82) is 0 Å². The topological polar surface area (TPSA) is 38.9 Å². The zero-order valence-corrected chi connectivity index (χ0v) is 12.5. The Balaban J connectivity index is 1.96. The highest BCUT2D eigenvalue weighted by molar-refractivity contribution is 7.09. The van der Waals surface area contributed by atoms with E-state index in [4.69, 9.17) is 10.7 Å². The van der Waals surface area contributed by atoms with Gasteiger partial charge in [-0.1, -0.05) is 33.1 Å². The molecule has 1 aliphatic rings. The Bertz CT molecular complexity index is 353. The van der Waals surface area contributed by atoms with Crippen LogP contribution in [0.25, 0.3) is 0 Å². The van der Waals surface area contributed by atoms with E-state index in [1.54, 1.807) is 0 Å². The largest absolute Gasteiger partial charge is 0.330 e. The van der Waals surface area contributed by atoms with E-state index in [1.807, 2.05) is 11.3 Å². The second-order valence-corrected chi connectivity index (χ2v) is 6.89. The zero-order valence-electron chi connectivity index (χ0n) is 11.7. The Kier molecular flexibility index (Phi) is 5.19. The van der Waals surface area contributed by atoms with Crippen molar-refractivity contribution in [2.24, 2.45) is 17.6 Å². The zero-order chi connectivity index (χ0) is 13.0. The highest BCUT2D eigenvalue weighted by atomic mass is 32.1. The molecule has 1 heterocycles. The van der Waals surface area contributed by atoms with Gasteiger partial charge in [-0.2, -0.15) is 0 Å². The molecule has 0 bridgehead atoms. The SMILES string of the molecule is CC(C)C(CN)Cc1nc(C2CCCCC2)cs1. The molecular weight excluding hydrogens is 240 g/mol. The molecule has 1 saturated carbocycles. The van der Waals surface area contributed by atoms with Crippen LogP contribution < -0.4 is 5.73 Å². The number of nitrogens with two attached hydrogens (primary N) is 1. The van der Waals surface area contributed by atoms with Crippen LogP contribution in [0.2, 0.25) is 0 Å². The fourth-order valence-electron chi connectivity index (χ4n) is 2.82. The fourth-order valence-corrected chi connectivity index (χ4v) is 3.79. The molecule has 0 amide bonds. The summed E-state index contributed by atoms with van der Waals surface area (Å²) >= 11 is 1.84. The smallest absolute Gasteiger partial charge is 0.0931 e. The standard InChI is InChI=1S/C15H26N2S/c1-11(2)13(9-16)8-15-17-14(10-18-15)12-6-4-3-5-7-12/h10-13H,3-9,16H2,1-2H3. The molecule has 2 rings (SSSR count). The first-order chi connectivity index (χ1) is 8.70. The summed E-state index contributed by atoms with van der Waals surface area (Å²) in [6.07, 6.45) is 7.92. The van der Waals surface area contributed by atoms with Crippen LogP contribution >= 0.6 is 11.3 Å². The second kappa shape index (κ2) is 6.67. The molecule has 1 aliphatic carbocycles. The Hall–Kier alpha value is -0.410. The van der Waals surface area contributed by atoms with Gasteiger partial charge < -0.3 is 5.73 Å². The minimum absolute atomic E-state index is 0.579. The van der Waals surface area contributed by atoms with E-state index in [0.29, 0.717) is 11.8 Å². The highest BCUT2D eigenvalue weighted by Gasteiger charge is 2.20. The van der Waals surface area contributed by atoms with Crippen molar-refractivity contribution >= 4 is 11.3 Å². The van der Waals surface area contributed by atoms with Gasteiger partial charge in [0.15, 0.2) is 0 Å². The Morgan fingerprint density at radius 1 is 1.33 bits per heavy atom. The van der Waals surface area contributed by atoms with Gasteiger partial charge in [-0.15, -0.1) is 11.3 Å². The average Bonchev–Trinajstić information content (AvgIpc) is 2.85. The molecule has 2 nitrogen and oxygen atoms in total. The predicted molar refractivity (Wildman–Crippen MR) is 79.0 cm³/mol. The highest BCUT2D eigenvalue weighted by Crippen LogP contribution is 2.33. The number of hydrogen-bond acceptors (Lipinski definition) is 3. The molecule has 1 aromatic rings. The van der Waals surface area contributed by atoms with E-state index >= 15 is 0 Å². The summed E-state index contributed by atoms with van der Waals surface area (Å²) in [5.41, 5.74) is 7.20. The van der Waals surface area contributed by atoms with Crippen LogP contribution in [0, 0.1) is 11.8 Å². The van der Waals surface area contributed by atoms with Crippen LogP contribution in [-0.2, 0) is 6.42 Å². The lowest BCUT2D eigenvalue weighted by Crippen LogP contribution is -2.22. The van der Waals surface area contributed by atoms with Crippen molar-refractivity contribution in [2.75, 3.05) is 6.54 Å². The lowest BCUT2D eigenvalue weighted by Gasteiger charge is -2.19. The maximum atomic E-state index is 5.85. The molecule has 1 unspecified atom stereocenters. The summed E-state index contributed by atoms with van der Waals surface area (Å²) in [6, 6.07) is 0. The van der Waals surface area contributed by atoms with Gasteiger partial charge in [0.2, 0.25) is 0 Å². The molecule has 1 aromatic heterocycles. The van der Waals surface area contributed by atoms with Crippen LogP contribution in [0.5, 0.6) is 0 Å². The first kappa shape index (κ1) is 14.0. The van der Waals surface area contributed by atoms with E-state index in [-0.39, 0.29) is 0 Å². The third kappa shape index (κ3) is 3.55. The van der Waals surface area contributed by atoms with Crippen LogP contribution in [0.15, 0.2) is 5.38 Å². The summed E-state index contributed by atoms with van der Waals surface area (Å²) in [7, 11) is 0. The van der Waals surface area contributed by atoms with Gasteiger partial charge in [0.25, 0.3) is 0 Å². The van der Waals surface area contributed by atoms with Gasteiger partial charge in [0.1, 0.15) is 0 Å². The molecule has 0 aliphatic heterocycles. The quantitative estimate of drug-likeness (QED) is 0.876. The molecule has 1 fully saturated rings. The molecule has 1 atom stereocenters. The van der Waals surface area contributed by atoms with E-state index in [9.17, 15) is 0 Å². The maximum absolute atomic E-state index is 5.85. The van der Waals surface area contributed by atoms with Crippen LogP contribution in [0.4, 0.5) is 0 Å². The summed E-state index contributed by atoms with van der Waals surface area (Å²) < 4.78 is 0. The molecule has 18 heavy (non-hydrogen) atoms. The van der Waals surface area contributed by atoms with Gasteiger partial charge in [-0.3, -0.25) is 0 Å². The van der Waals surface area contributed by atoms with Crippen molar-refractivity contribution in [2.45, 2.75) is 58.3 Å². The lowest BCUT2D eigenvalue weighted by atomic mass is 9.87. The molecule has 3 heteroatoms. The van der Waals surface area contributed by atoms with Gasteiger partial charge in [0.05, 0.1) is 10.7 Å². The molecule has 102 valence electrons. The minimum atomic E-state index is 0.579. The molecule has 2 N–H and O–H groups in total. The van der Waals surface area contributed by atoms with Crippen molar-refractivity contribution in [3.8, 4) is 0 Å². The summed E-state index contributed by atoms with van der Waals surface area (Å²) in [5, 5.41) is 3.58. The predicted octanol–water partition coefficient (Wildman–Crippen LogP) is 3.96. The van der Waals surface area contributed by atoms with Crippen molar-refractivity contribution < 1.29 is 0 Å². The molecule has 0 spiro atoms. The first-order valence-electron chi connectivity index (χ1n) is 7.35.